The second-order valence-corrected chi connectivity index (χ2v) is 14.0. The summed E-state index contributed by atoms with van der Waals surface area (Å²) in [6, 6.07) is 5.62. The van der Waals surface area contributed by atoms with Gasteiger partial charge in [0.05, 0.1) is 10.5 Å². The summed E-state index contributed by atoms with van der Waals surface area (Å²) in [5.74, 6) is 1.08. The van der Waals surface area contributed by atoms with Crippen LogP contribution in [0.4, 0.5) is 0 Å². The van der Waals surface area contributed by atoms with Crippen LogP contribution in [0.1, 0.15) is 100 Å². The topological polar surface area (TPSA) is 114 Å². The van der Waals surface area contributed by atoms with Crippen LogP contribution < -0.4 is 10.0 Å². The van der Waals surface area contributed by atoms with Crippen LogP contribution in [0.15, 0.2) is 23.1 Å². The fourth-order valence-corrected chi connectivity index (χ4v) is 7.07. The SMILES string of the molecule is Cc1c(-c2cc(C(=O)NCCC(C)C)c(C)n2CC2CCCCC2)ccc(S(=O)(=O)NC(C)(C)C)c1C.O=C=O. The number of sulfonamides is 1. The fraction of sp³-hybridized carbons (Fsp3) is 0.613. The number of hydrogen-bond acceptors (Lipinski definition) is 5. The van der Waals surface area contributed by atoms with Crippen LogP contribution in [0.2, 0.25) is 0 Å². The van der Waals surface area contributed by atoms with Crippen LogP contribution in [-0.2, 0) is 26.2 Å². The average molecular weight is 574 g/mol. The van der Waals surface area contributed by atoms with Crippen LogP contribution in [0.25, 0.3) is 11.3 Å². The Labute approximate surface area is 240 Å². The third-order valence-corrected chi connectivity index (χ3v) is 9.43. The zero-order valence-electron chi connectivity index (χ0n) is 25.4. The lowest BCUT2D eigenvalue weighted by atomic mass is 9.89. The lowest BCUT2D eigenvalue weighted by molar-refractivity contribution is -0.191. The summed E-state index contributed by atoms with van der Waals surface area (Å²) >= 11 is 0. The van der Waals surface area contributed by atoms with Gasteiger partial charge in [0.15, 0.2) is 0 Å². The van der Waals surface area contributed by atoms with Crippen LogP contribution in [0, 0.1) is 32.6 Å². The Morgan fingerprint density at radius 1 is 1.05 bits per heavy atom. The molecule has 1 aromatic carbocycles. The largest absolute Gasteiger partial charge is 0.373 e. The van der Waals surface area contributed by atoms with Crippen LogP contribution >= 0.6 is 0 Å². The molecule has 1 aromatic heterocycles. The summed E-state index contributed by atoms with van der Waals surface area (Å²) in [5.41, 5.74) is 4.74. The zero-order valence-corrected chi connectivity index (χ0v) is 26.3. The van der Waals surface area contributed by atoms with E-state index in [0.29, 0.717) is 28.8 Å². The highest BCUT2D eigenvalue weighted by atomic mass is 32.2. The van der Waals surface area contributed by atoms with Gasteiger partial charge >= 0.3 is 6.15 Å². The molecule has 9 heteroatoms. The third kappa shape index (κ3) is 8.88. The summed E-state index contributed by atoms with van der Waals surface area (Å²) in [5, 5.41) is 3.10. The quantitative estimate of drug-likeness (QED) is 0.386. The molecule has 2 aromatic rings. The lowest BCUT2D eigenvalue weighted by Crippen LogP contribution is -2.40. The summed E-state index contributed by atoms with van der Waals surface area (Å²) in [6.45, 7) is 17.3. The molecule has 1 fully saturated rings. The first-order valence-corrected chi connectivity index (χ1v) is 15.7. The number of amides is 1. The Balaban J connectivity index is 0.00000178. The molecule has 222 valence electrons. The molecule has 1 amide bonds. The van der Waals surface area contributed by atoms with E-state index < -0.39 is 15.6 Å². The van der Waals surface area contributed by atoms with Gasteiger partial charge in [0.25, 0.3) is 5.91 Å². The molecule has 0 unspecified atom stereocenters. The van der Waals surface area contributed by atoms with Gasteiger partial charge in [-0.25, -0.2) is 13.1 Å². The Morgan fingerprint density at radius 3 is 2.20 bits per heavy atom. The van der Waals surface area contributed by atoms with Crippen LogP contribution in [0.3, 0.4) is 0 Å². The fourth-order valence-electron chi connectivity index (χ4n) is 5.35. The van der Waals surface area contributed by atoms with E-state index in [2.05, 4.69) is 28.5 Å². The van der Waals surface area contributed by atoms with E-state index in [0.717, 1.165) is 41.0 Å². The van der Waals surface area contributed by atoms with E-state index in [1.807, 2.05) is 53.7 Å². The summed E-state index contributed by atoms with van der Waals surface area (Å²) < 4.78 is 31.3. The maximum absolute atomic E-state index is 13.2. The number of aromatic nitrogens is 1. The first-order chi connectivity index (χ1) is 18.6. The monoisotopic (exact) mass is 573 g/mol. The highest BCUT2D eigenvalue weighted by Gasteiger charge is 2.27. The van der Waals surface area contributed by atoms with E-state index in [1.165, 1.54) is 32.1 Å². The van der Waals surface area contributed by atoms with Gasteiger partial charge in [-0.1, -0.05) is 39.2 Å². The maximum atomic E-state index is 13.2. The molecule has 2 N–H and O–H groups in total. The molecule has 1 aliphatic carbocycles. The smallest absolute Gasteiger partial charge is 0.352 e. The molecule has 1 heterocycles. The minimum atomic E-state index is -3.66. The van der Waals surface area contributed by atoms with Gasteiger partial charge in [0.2, 0.25) is 10.0 Å². The summed E-state index contributed by atoms with van der Waals surface area (Å²) in [4.78, 5) is 29.7. The molecule has 0 bridgehead atoms. The number of carbonyl (C=O) groups is 1. The molecule has 1 saturated carbocycles. The summed E-state index contributed by atoms with van der Waals surface area (Å²) in [7, 11) is -3.66. The predicted octanol–water partition coefficient (Wildman–Crippen LogP) is 5.93. The average Bonchev–Trinajstić information content (AvgIpc) is 3.15. The van der Waals surface area contributed by atoms with E-state index in [-0.39, 0.29) is 12.1 Å². The van der Waals surface area contributed by atoms with Crippen molar-refractivity contribution in [2.75, 3.05) is 6.54 Å². The second-order valence-electron chi connectivity index (χ2n) is 12.4. The molecule has 1 aliphatic rings. The Bertz CT molecular complexity index is 1310. The summed E-state index contributed by atoms with van der Waals surface area (Å²) in [6.07, 6.45) is 7.43. The molecule has 0 atom stereocenters. The molecular weight excluding hydrogens is 526 g/mol. The van der Waals surface area contributed by atoms with Gasteiger partial charge < -0.3 is 9.88 Å². The molecule has 0 radical (unpaired) electrons. The normalized spacial score (nSPS) is 14.4. The molecule has 8 nitrogen and oxygen atoms in total. The number of nitrogens with zero attached hydrogens (tertiary/aromatic N) is 1. The van der Waals surface area contributed by atoms with E-state index >= 15 is 0 Å². The Hall–Kier alpha value is -2.74. The van der Waals surface area contributed by atoms with Crippen LogP contribution in [0.5, 0.6) is 0 Å². The first kappa shape index (κ1) is 33.5. The van der Waals surface area contributed by atoms with Crippen molar-refractivity contribution in [1.29, 1.82) is 0 Å². The van der Waals surface area contributed by atoms with Crippen molar-refractivity contribution >= 4 is 22.1 Å². The van der Waals surface area contributed by atoms with Gasteiger partial charge in [0, 0.05) is 35.6 Å². The molecule has 0 saturated heterocycles. The van der Waals surface area contributed by atoms with Gasteiger partial charge in [0.1, 0.15) is 0 Å². The van der Waals surface area contributed by atoms with E-state index in [4.69, 9.17) is 9.59 Å². The first-order valence-electron chi connectivity index (χ1n) is 14.2. The van der Waals surface area contributed by atoms with Crippen molar-refractivity contribution in [2.45, 2.75) is 111 Å². The minimum absolute atomic E-state index is 0.0373. The standard InChI is InChI=1S/C30H47N3O3S.CO2/c1-20(2)16-17-31-29(34)26-18-27(33(23(26)5)19-24-12-10-9-11-13-24)25-14-15-28(22(4)21(25)3)37(35,36)32-30(6,7)8;2-1-3/h14-15,18,20,24,32H,9-13,16-17,19H2,1-8H3,(H,31,34);. The second kappa shape index (κ2) is 14.2. The van der Waals surface area contributed by atoms with Crippen molar-refractivity contribution in [2.24, 2.45) is 11.8 Å². The highest BCUT2D eigenvalue weighted by Crippen LogP contribution is 2.35. The van der Waals surface area contributed by atoms with Crippen molar-refractivity contribution in [3.05, 3.63) is 40.6 Å². The molecule has 40 heavy (non-hydrogen) atoms. The number of nitrogens with one attached hydrogen (secondary N) is 2. The number of carbonyl (C=O) groups excluding carboxylic acids is 3. The highest BCUT2D eigenvalue weighted by molar-refractivity contribution is 7.89. The maximum Gasteiger partial charge on any atom is 0.373 e. The molecular formula is C31H47N3O5S. The van der Waals surface area contributed by atoms with E-state index in [1.54, 1.807) is 6.07 Å². The van der Waals surface area contributed by atoms with Gasteiger partial charge in [-0.05, 0) is 95.9 Å². The van der Waals surface area contributed by atoms with Crippen molar-refractivity contribution < 1.29 is 22.8 Å². The van der Waals surface area contributed by atoms with E-state index in [9.17, 15) is 13.2 Å². The van der Waals surface area contributed by atoms with Gasteiger partial charge in [-0.15, -0.1) is 0 Å². The molecule has 0 spiro atoms. The number of benzene rings is 1. The van der Waals surface area contributed by atoms with Gasteiger partial charge in [-0.2, -0.15) is 9.59 Å². The number of rotatable bonds is 9. The van der Waals surface area contributed by atoms with Crippen LogP contribution in [-0.4, -0.2) is 37.1 Å². The Kier molecular flexibility index (Phi) is 11.9. The van der Waals surface area contributed by atoms with Gasteiger partial charge in [-0.3, -0.25) is 4.79 Å². The Morgan fingerprint density at radius 2 is 1.65 bits per heavy atom. The third-order valence-electron chi connectivity index (χ3n) is 7.53. The molecule has 0 aliphatic heterocycles. The zero-order chi connectivity index (χ0) is 30.3. The van der Waals surface area contributed by atoms with Crippen molar-refractivity contribution in [3.63, 3.8) is 0 Å². The number of hydrogen-bond donors (Lipinski definition) is 2. The predicted molar refractivity (Wildman–Crippen MR) is 158 cm³/mol. The lowest BCUT2D eigenvalue weighted by Gasteiger charge is -2.25. The van der Waals surface area contributed by atoms with Crippen molar-refractivity contribution in [1.82, 2.24) is 14.6 Å². The van der Waals surface area contributed by atoms with Crippen molar-refractivity contribution in [3.8, 4) is 11.3 Å². The minimum Gasteiger partial charge on any atom is -0.352 e. The molecule has 3 rings (SSSR count).